The summed E-state index contributed by atoms with van der Waals surface area (Å²) in [5.41, 5.74) is -0.391. The zero-order valence-corrected chi connectivity index (χ0v) is 16.0. The molecule has 0 amide bonds. The summed E-state index contributed by atoms with van der Waals surface area (Å²) >= 11 is 1.39. The average molecular weight is 409 g/mol. The van der Waals surface area contributed by atoms with Gasteiger partial charge in [-0.2, -0.15) is 13.2 Å². The number of benzene rings is 2. The molecule has 0 saturated heterocycles. The molecule has 5 nitrogen and oxygen atoms in total. The molecule has 1 aromatic heterocycles. The Morgan fingerprint density at radius 1 is 1.04 bits per heavy atom. The first-order valence-electron chi connectivity index (χ1n) is 8.44. The lowest BCUT2D eigenvalue weighted by Gasteiger charge is -2.13. The van der Waals surface area contributed by atoms with Gasteiger partial charge in [0.05, 0.1) is 18.4 Å². The van der Waals surface area contributed by atoms with E-state index in [1.807, 2.05) is 6.92 Å². The number of rotatable bonds is 7. The van der Waals surface area contributed by atoms with Crippen LogP contribution in [-0.4, -0.2) is 27.6 Å². The van der Waals surface area contributed by atoms with Gasteiger partial charge in [0.1, 0.15) is 18.1 Å². The molecule has 0 aliphatic rings. The number of nitrogens with zero attached hydrogens (tertiary/aromatic N) is 3. The van der Waals surface area contributed by atoms with Crippen LogP contribution in [0.2, 0.25) is 0 Å². The van der Waals surface area contributed by atoms with Crippen LogP contribution in [0.25, 0.3) is 5.69 Å². The highest BCUT2D eigenvalue weighted by Gasteiger charge is 2.31. The molecule has 9 heteroatoms. The van der Waals surface area contributed by atoms with Gasteiger partial charge in [-0.3, -0.25) is 4.57 Å². The first-order chi connectivity index (χ1) is 13.4. The molecule has 3 aromatic rings. The van der Waals surface area contributed by atoms with Crippen LogP contribution in [0.4, 0.5) is 13.2 Å². The van der Waals surface area contributed by atoms with Crippen molar-refractivity contribution in [1.29, 1.82) is 0 Å². The van der Waals surface area contributed by atoms with Crippen molar-refractivity contribution >= 4 is 11.8 Å². The molecule has 0 aliphatic carbocycles. The molecule has 0 bridgehead atoms. The molecule has 0 radical (unpaired) electrons. The van der Waals surface area contributed by atoms with Crippen molar-refractivity contribution in [3.8, 4) is 17.2 Å². The maximum absolute atomic E-state index is 13.1. The number of alkyl halides is 3. The maximum Gasteiger partial charge on any atom is 0.416 e. The van der Waals surface area contributed by atoms with E-state index in [9.17, 15) is 13.2 Å². The summed E-state index contributed by atoms with van der Waals surface area (Å²) in [5.74, 6) is 2.40. The fourth-order valence-corrected chi connectivity index (χ4v) is 3.21. The highest BCUT2D eigenvalue weighted by molar-refractivity contribution is 7.99. The molecule has 0 fully saturated rings. The molecule has 3 rings (SSSR count). The van der Waals surface area contributed by atoms with Gasteiger partial charge in [-0.15, -0.1) is 10.2 Å². The van der Waals surface area contributed by atoms with Gasteiger partial charge in [0.2, 0.25) is 0 Å². The van der Waals surface area contributed by atoms with Crippen molar-refractivity contribution in [3.63, 3.8) is 0 Å². The fourth-order valence-electron chi connectivity index (χ4n) is 2.52. The third-order valence-corrected chi connectivity index (χ3v) is 4.64. The van der Waals surface area contributed by atoms with E-state index in [1.165, 1.54) is 17.8 Å². The highest BCUT2D eigenvalue weighted by atomic mass is 32.2. The quantitative estimate of drug-likeness (QED) is 0.515. The number of thioether (sulfide) groups is 1. The average Bonchev–Trinajstić information content (AvgIpc) is 3.09. The van der Waals surface area contributed by atoms with Crippen molar-refractivity contribution < 1.29 is 22.6 Å². The van der Waals surface area contributed by atoms with Crippen molar-refractivity contribution in [3.05, 3.63) is 59.9 Å². The Labute approximate surface area is 164 Å². The van der Waals surface area contributed by atoms with E-state index < -0.39 is 11.7 Å². The molecule has 0 spiro atoms. The van der Waals surface area contributed by atoms with Crippen molar-refractivity contribution in [2.24, 2.45) is 0 Å². The van der Waals surface area contributed by atoms with Gasteiger partial charge in [-0.1, -0.05) is 24.8 Å². The van der Waals surface area contributed by atoms with E-state index in [0.29, 0.717) is 33.9 Å². The number of aromatic nitrogens is 3. The van der Waals surface area contributed by atoms with Crippen molar-refractivity contribution in [2.75, 3.05) is 12.9 Å². The summed E-state index contributed by atoms with van der Waals surface area (Å²) in [6.45, 7) is 1.99. The highest BCUT2D eigenvalue weighted by Crippen LogP contribution is 2.32. The van der Waals surface area contributed by atoms with Crippen LogP contribution in [-0.2, 0) is 12.8 Å². The van der Waals surface area contributed by atoms with E-state index in [4.69, 9.17) is 9.47 Å². The molecule has 1 heterocycles. The Morgan fingerprint density at radius 2 is 1.75 bits per heavy atom. The molecule has 0 N–H and O–H groups in total. The van der Waals surface area contributed by atoms with Gasteiger partial charge in [0, 0.05) is 0 Å². The Balaban J connectivity index is 1.90. The van der Waals surface area contributed by atoms with E-state index in [2.05, 4.69) is 10.2 Å². The van der Waals surface area contributed by atoms with Crippen LogP contribution >= 0.6 is 11.8 Å². The summed E-state index contributed by atoms with van der Waals surface area (Å²) in [6, 6.07) is 12.1. The van der Waals surface area contributed by atoms with Gasteiger partial charge in [-0.05, 0) is 48.2 Å². The molecule has 2 aromatic carbocycles. The summed E-state index contributed by atoms with van der Waals surface area (Å²) in [7, 11) is 1.57. The number of hydrogen-bond donors (Lipinski definition) is 0. The molecular formula is C19H18F3N3O2S. The lowest BCUT2D eigenvalue weighted by atomic mass is 10.2. The van der Waals surface area contributed by atoms with Crippen LogP contribution in [0, 0.1) is 0 Å². The smallest absolute Gasteiger partial charge is 0.416 e. The van der Waals surface area contributed by atoms with Crippen LogP contribution < -0.4 is 9.47 Å². The molecule has 148 valence electrons. The number of hydrogen-bond acceptors (Lipinski definition) is 5. The van der Waals surface area contributed by atoms with E-state index in [-0.39, 0.29) is 6.61 Å². The molecule has 0 atom stereocenters. The molecule has 0 saturated carbocycles. The van der Waals surface area contributed by atoms with Gasteiger partial charge < -0.3 is 9.47 Å². The van der Waals surface area contributed by atoms with Crippen LogP contribution in [0.15, 0.2) is 53.7 Å². The van der Waals surface area contributed by atoms with Gasteiger partial charge in [0.15, 0.2) is 11.0 Å². The van der Waals surface area contributed by atoms with Gasteiger partial charge in [-0.25, -0.2) is 0 Å². The van der Waals surface area contributed by atoms with E-state index >= 15 is 0 Å². The maximum atomic E-state index is 13.1. The monoisotopic (exact) mass is 409 g/mol. The van der Waals surface area contributed by atoms with Crippen LogP contribution in [0.1, 0.15) is 18.3 Å². The number of methoxy groups -OCH3 is 1. The van der Waals surface area contributed by atoms with Crippen LogP contribution in [0.5, 0.6) is 11.5 Å². The molecule has 0 aliphatic heterocycles. The van der Waals surface area contributed by atoms with Crippen molar-refractivity contribution in [1.82, 2.24) is 14.8 Å². The van der Waals surface area contributed by atoms with E-state index in [0.717, 1.165) is 12.1 Å². The van der Waals surface area contributed by atoms with Crippen molar-refractivity contribution in [2.45, 2.75) is 24.9 Å². The third-order valence-electron chi connectivity index (χ3n) is 3.83. The van der Waals surface area contributed by atoms with Crippen LogP contribution in [0.3, 0.4) is 0 Å². The summed E-state index contributed by atoms with van der Waals surface area (Å²) in [6.07, 6.45) is -4.43. The number of halogens is 3. The van der Waals surface area contributed by atoms with Gasteiger partial charge >= 0.3 is 6.18 Å². The standard InChI is InChI=1S/C19H18F3N3O2S/c1-3-28-18-24-23-17(12-27-16-9-7-15(26-2)8-10-16)25(18)14-6-4-5-13(11-14)19(20,21)22/h4-11H,3,12H2,1-2H3. The SMILES string of the molecule is CCSc1nnc(COc2ccc(OC)cc2)n1-c1cccc(C(F)(F)F)c1. The first-order valence-corrected chi connectivity index (χ1v) is 9.42. The van der Waals surface area contributed by atoms with E-state index in [1.54, 1.807) is 42.0 Å². The lowest BCUT2D eigenvalue weighted by molar-refractivity contribution is -0.137. The zero-order valence-electron chi connectivity index (χ0n) is 15.2. The topological polar surface area (TPSA) is 49.2 Å². The second-order valence-electron chi connectivity index (χ2n) is 5.68. The minimum absolute atomic E-state index is 0.0554. The summed E-state index contributed by atoms with van der Waals surface area (Å²) < 4.78 is 51.8. The number of ether oxygens (including phenoxy) is 2. The van der Waals surface area contributed by atoms with Gasteiger partial charge in [0.25, 0.3) is 0 Å². The summed E-state index contributed by atoms with van der Waals surface area (Å²) in [5, 5.41) is 8.73. The first kappa shape index (κ1) is 20.1. The normalized spacial score (nSPS) is 11.5. The fraction of sp³-hybridized carbons (Fsp3) is 0.263. The predicted molar refractivity (Wildman–Crippen MR) is 100 cm³/mol. The Morgan fingerprint density at radius 3 is 2.39 bits per heavy atom. The lowest BCUT2D eigenvalue weighted by Crippen LogP contribution is -2.09. The second-order valence-corrected chi connectivity index (χ2v) is 6.91. The minimum atomic E-state index is -4.43. The third kappa shape index (κ3) is 4.59. The second kappa shape index (κ2) is 8.55. The molecule has 28 heavy (non-hydrogen) atoms. The zero-order chi connectivity index (χ0) is 20.1. The minimum Gasteiger partial charge on any atom is -0.497 e. The Bertz CT molecular complexity index is 927. The molecular weight excluding hydrogens is 391 g/mol. The Hall–Kier alpha value is -2.68. The Kier molecular flexibility index (Phi) is 6.13. The predicted octanol–water partition coefficient (Wildman–Crippen LogP) is 4.99. The largest absolute Gasteiger partial charge is 0.497 e. The molecule has 0 unspecified atom stereocenters. The summed E-state index contributed by atoms with van der Waals surface area (Å²) in [4.78, 5) is 0.